The summed E-state index contributed by atoms with van der Waals surface area (Å²) in [6.45, 7) is 37.3. The molecule has 0 fully saturated rings. The molecule has 4 N–H and O–H groups in total. The molecule has 4 heteroatoms. The lowest BCUT2D eigenvalue weighted by Crippen LogP contribution is -2.27. The maximum absolute atomic E-state index is 4.02. The molecular weight excluding hydrogens is 488 g/mol. The van der Waals surface area contributed by atoms with Crippen LogP contribution in [0.2, 0.25) is 0 Å². The molecule has 0 radical (unpaired) electrons. The number of nitrogens with one attached hydrogen (secondary N) is 4. The zero-order valence-corrected chi connectivity index (χ0v) is 28.0. The molecular formula is C36H52N4. The van der Waals surface area contributed by atoms with Gasteiger partial charge < -0.3 is 19.9 Å². The summed E-state index contributed by atoms with van der Waals surface area (Å²) < 4.78 is 0. The second-order valence-corrected chi connectivity index (χ2v) is 15.0. The van der Waals surface area contributed by atoms with E-state index in [1.807, 2.05) is 0 Å². The van der Waals surface area contributed by atoms with E-state index in [-0.39, 0.29) is 21.7 Å². The second kappa shape index (κ2) is 8.33. The van der Waals surface area contributed by atoms with Gasteiger partial charge >= 0.3 is 0 Å². The van der Waals surface area contributed by atoms with Gasteiger partial charge in [-0.05, 0) is 155 Å². The van der Waals surface area contributed by atoms with Gasteiger partial charge in [0.2, 0.25) is 0 Å². The highest BCUT2D eigenvalue weighted by Crippen LogP contribution is 2.47. The van der Waals surface area contributed by atoms with Crippen LogP contribution in [0.25, 0.3) is 0 Å². The second-order valence-electron chi connectivity index (χ2n) is 15.0. The van der Waals surface area contributed by atoms with Gasteiger partial charge in [-0.15, -0.1) is 0 Å². The van der Waals surface area contributed by atoms with Gasteiger partial charge in [0.25, 0.3) is 0 Å². The first-order chi connectivity index (χ1) is 18.2. The van der Waals surface area contributed by atoms with Gasteiger partial charge in [-0.2, -0.15) is 0 Å². The number of aromatic amines is 4. The van der Waals surface area contributed by atoms with E-state index in [1.54, 1.807) is 0 Å². The van der Waals surface area contributed by atoms with Crippen LogP contribution < -0.4 is 0 Å². The highest BCUT2D eigenvalue weighted by atomic mass is 14.9. The molecule has 4 nitrogen and oxygen atoms in total. The van der Waals surface area contributed by atoms with E-state index >= 15 is 0 Å². The van der Waals surface area contributed by atoms with Crippen LogP contribution >= 0.6 is 0 Å². The lowest BCUT2D eigenvalue weighted by atomic mass is 9.79. The zero-order valence-electron chi connectivity index (χ0n) is 28.0. The van der Waals surface area contributed by atoms with Crippen LogP contribution in [-0.4, -0.2) is 19.9 Å². The minimum Gasteiger partial charge on any atom is -0.360 e. The average molecular weight is 541 g/mol. The Kier molecular flexibility index (Phi) is 5.97. The third-order valence-electron chi connectivity index (χ3n) is 11.2. The van der Waals surface area contributed by atoms with E-state index < -0.39 is 0 Å². The molecule has 0 aromatic carbocycles. The molecule has 0 saturated carbocycles. The van der Waals surface area contributed by atoms with Crippen molar-refractivity contribution in [3.05, 3.63) is 90.1 Å². The van der Waals surface area contributed by atoms with Gasteiger partial charge in [0.05, 0.1) is 0 Å². The normalized spacial score (nSPS) is 18.8. The molecule has 1 aliphatic rings. The lowest BCUT2D eigenvalue weighted by Gasteiger charge is -2.29. The number of hydrogen-bond donors (Lipinski definition) is 4. The quantitative estimate of drug-likeness (QED) is 0.172. The summed E-state index contributed by atoms with van der Waals surface area (Å²) in [5.74, 6) is 0. The molecule has 4 aromatic rings. The van der Waals surface area contributed by atoms with E-state index in [4.69, 9.17) is 0 Å². The Bertz CT molecular complexity index is 1310. The topological polar surface area (TPSA) is 63.2 Å². The first-order valence-corrected chi connectivity index (χ1v) is 15.0. The number of hydrogen-bond acceptors (Lipinski definition) is 0. The Balaban J connectivity index is 1.96. The predicted octanol–water partition coefficient (Wildman–Crippen LogP) is 9.08. The Morgan fingerprint density at radius 3 is 0.450 bits per heavy atom. The molecule has 8 bridgehead atoms. The van der Waals surface area contributed by atoms with Crippen molar-refractivity contribution in [2.24, 2.45) is 0 Å². The summed E-state index contributed by atoms with van der Waals surface area (Å²) in [6, 6.07) is 0. The third kappa shape index (κ3) is 3.43. The first-order valence-electron chi connectivity index (χ1n) is 15.0. The Morgan fingerprint density at radius 1 is 0.250 bits per heavy atom. The van der Waals surface area contributed by atoms with E-state index in [0.29, 0.717) is 0 Å². The largest absolute Gasteiger partial charge is 0.360 e. The molecule has 0 amide bonds. The van der Waals surface area contributed by atoms with Crippen molar-refractivity contribution in [2.45, 2.75) is 132 Å². The zero-order chi connectivity index (χ0) is 30.1. The van der Waals surface area contributed by atoms with Crippen molar-refractivity contribution in [3.63, 3.8) is 0 Å². The smallest absolute Gasteiger partial charge is 0.0453 e. The molecule has 40 heavy (non-hydrogen) atoms. The third-order valence-corrected chi connectivity index (χ3v) is 11.2. The van der Waals surface area contributed by atoms with Gasteiger partial charge in [0.1, 0.15) is 0 Å². The van der Waals surface area contributed by atoms with Crippen LogP contribution in [0.4, 0.5) is 0 Å². The fourth-order valence-electron chi connectivity index (χ4n) is 8.25. The molecule has 4 aromatic heterocycles. The van der Waals surface area contributed by atoms with Crippen LogP contribution in [0, 0.1) is 55.4 Å². The predicted molar refractivity (Wildman–Crippen MR) is 170 cm³/mol. The average Bonchev–Trinajstić information content (AvgIpc) is 3.54. The van der Waals surface area contributed by atoms with Crippen molar-refractivity contribution < 1.29 is 0 Å². The van der Waals surface area contributed by atoms with Gasteiger partial charge in [-0.25, -0.2) is 0 Å². The van der Waals surface area contributed by atoms with Crippen molar-refractivity contribution in [1.29, 1.82) is 0 Å². The van der Waals surface area contributed by atoms with E-state index in [2.05, 4.69) is 131 Å². The van der Waals surface area contributed by atoms with Gasteiger partial charge in [-0.1, -0.05) is 0 Å². The molecule has 5 heterocycles. The molecule has 0 saturated heterocycles. The number of aromatic nitrogens is 4. The molecule has 0 unspecified atom stereocenters. The van der Waals surface area contributed by atoms with Crippen LogP contribution in [-0.2, 0) is 21.7 Å². The molecule has 1 aliphatic heterocycles. The Morgan fingerprint density at radius 2 is 0.350 bits per heavy atom. The highest BCUT2D eigenvalue weighted by Gasteiger charge is 2.42. The summed E-state index contributed by atoms with van der Waals surface area (Å²) in [5.41, 5.74) is 20.3. The van der Waals surface area contributed by atoms with Crippen molar-refractivity contribution in [2.75, 3.05) is 0 Å². The SMILES string of the molecule is Cc1c2[nH]c(c1C)C(C)(C)c1[nH]c(c(C)c1C)C(C)(C)c1[nH]c(c(C)c1C)C(C)(C)c1[nH]c(c(C)c1C)C2(C)C. The fraction of sp³-hybridized carbons (Fsp3) is 0.556. The number of H-pyrrole nitrogens is 4. The van der Waals surface area contributed by atoms with Crippen molar-refractivity contribution >= 4 is 0 Å². The summed E-state index contributed by atoms with van der Waals surface area (Å²) in [7, 11) is 0. The van der Waals surface area contributed by atoms with Crippen molar-refractivity contribution in [1.82, 2.24) is 19.9 Å². The maximum atomic E-state index is 4.02. The standard InChI is InChI=1S/C36H52N4/c1-17-18(2)26-34(11,12)28-21(5)22(6)30(39-28)36(15,16)32-24(8)23(7)31(40-32)35(13,14)29-20(4)19(3)27(38-29)33(9,10)25(17)37-26/h37-40H,1-16H3. The van der Waals surface area contributed by atoms with Crippen LogP contribution in [0.3, 0.4) is 0 Å². The van der Waals surface area contributed by atoms with E-state index in [0.717, 1.165) is 0 Å². The molecule has 0 spiro atoms. The summed E-state index contributed by atoms with van der Waals surface area (Å²) in [5, 5.41) is 0. The Hall–Kier alpha value is -2.88. The fourth-order valence-corrected chi connectivity index (χ4v) is 8.25. The van der Waals surface area contributed by atoms with Crippen LogP contribution in [0.5, 0.6) is 0 Å². The molecule has 0 atom stereocenters. The monoisotopic (exact) mass is 540 g/mol. The van der Waals surface area contributed by atoms with Gasteiger partial charge in [0.15, 0.2) is 0 Å². The van der Waals surface area contributed by atoms with E-state index in [9.17, 15) is 0 Å². The minimum absolute atomic E-state index is 0.219. The van der Waals surface area contributed by atoms with Crippen LogP contribution in [0.1, 0.15) is 145 Å². The number of fused-ring (bicyclic) bond motifs is 8. The Labute approximate surface area is 242 Å². The molecule has 216 valence electrons. The lowest BCUT2D eigenvalue weighted by molar-refractivity contribution is 0.541. The van der Waals surface area contributed by atoms with Gasteiger partial charge in [0, 0.05) is 67.2 Å². The van der Waals surface area contributed by atoms with Crippen LogP contribution in [0.15, 0.2) is 0 Å². The minimum atomic E-state index is -0.219. The maximum Gasteiger partial charge on any atom is 0.0453 e. The molecule has 0 aliphatic carbocycles. The summed E-state index contributed by atoms with van der Waals surface area (Å²) >= 11 is 0. The first kappa shape index (κ1) is 28.6. The number of rotatable bonds is 0. The highest BCUT2D eigenvalue weighted by molar-refractivity contribution is 5.56. The summed E-state index contributed by atoms with van der Waals surface area (Å²) in [6.07, 6.45) is 0. The molecule has 5 rings (SSSR count). The van der Waals surface area contributed by atoms with Gasteiger partial charge in [-0.3, -0.25) is 0 Å². The van der Waals surface area contributed by atoms with Crippen molar-refractivity contribution in [3.8, 4) is 0 Å². The van der Waals surface area contributed by atoms with E-state index in [1.165, 1.54) is 90.1 Å². The summed E-state index contributed by atoms with van der Waals surface area (Å²) in [4.78, 5) is 16.1.